The van der Waals surface area contributed by atoms with E-state index >= 15 is 0 Å². The lowest BCUT2D eigenvalue weighted by atomic mass is 9.70. The lowest BCUT2D eigenvalue weighted by Gasteiger charge is -2.36. The molecule has 0 spiro atoms. The molecule has 214 valence electrons. The number of fused-ring (bicyclic) bond motifs is 2. The lowest BCUT2D eigenvalue weighted by molar-refractivity contribution is -0.152. The molecule has 0 bridgehead atoms. The van der Waals surface area contributed by atoms with E-state index in [0.717, 1.165) is 56.1 Å². The normalized spacial score (nSPS) is 17.8. The molecule has 39 heavy (non-hydrogen) atoms. The number of carboxylic acids is 1. The summed E-state index contributed by atoms with van der Waals surface area (Å²) in [6, 6.07) is 13.4. The summed E-state index contributed by atoms with van der Waals surface area (Å²) in [4.78, 5) is 18.9. The SMILES string of the molecule is CC(C)[C@@H]1c2ccc(F)cc2CCC1CO[C@@H](CCN(C)CCCCCc1nc2ccccc2s1)C(=O)O.Cl. The Hall–Kier alpha value is -2.06. The fraction of sp³-hybridized carbons (Fsp3) is 0.548. The van der Waals surface area contributed by atoms with Crippen LogP contribution in [0.2, 0.25) is 0 Å². The van der Waals surface area contributed by atoms with Gasteiger partial charge in [-0.2, -0.15) is 0 Å². The number of aryl methyl sites for hydroxylation is 2. The molecular formula is C31H42ClFN2O3S. The number of ether oxygens (including phenoxy) is 1. The van der Waals surface area contributed by atoms with E-state index in [2.05, 4.69) is 44.0 Å². The van der Waals surface area contributed by atoms with Crippen molar-refractivity contribution in [2.45, 2.75) is 70.8 Å². The first kappa shape index (κ1) is 31.5. The highest BCUT2D eigenvalue weighted by molar-refractivity contribution is 7.18. The Labute approximate surface area is 242 Å². The minimum absolute atomic E-state index is 0. The Bertz CT molecular complexity index is 1170. The molecule has 3 aromatic rings. The zero-order valence-corrected chi connectivity index (χ0v) is 24.9. The topological polar surface area (TPSA) is 62.7 Å². The average Bonchev–Trinajstić information content (AvgIpc) is 3.30. The maximum atomic E-state index is 13.7. The molecule has 1 aliphatic rings. The van der Waals surface area contributed by atoms with Crippen LogP contribution in [0, 0.1) is 17.7 Å². The van der Waals surface area contributed by atoms with Gasteiger partial charge in [-0.3, -0.25) is 0 Å². The fourth-order valence-electron chi connectivity index (χ4n) is 5.81. The van der Waals surface area contributed by atoms with Crippen molar-refractivity contribution < 1.29 is 19.0 Å². The summed E-state index contributed by atoms with van der Waals surface area (Å²) in [7, 11) is 2.05. The Balaban J connectivity index is 0.00000420. The van der Waals surface area contributed by atoms with Crippen molar-refractivity contribution in [2.24, 2.45) is 11.8 Å². The van der Waals surface area contributed by atoms with Crippen LogP contribution in [-0.4, -0.2) is 53.8 Å². The summed E-state index contributed by atoms with van der Waals surface area (Å²) in [6.07, 6.45) is 5.70. The highest BCUT2D eigenvalue weighted by Gasteiger charge is 2.33. The van der Waals surface area contributed by atoms with E-state index in [9.17, 15) is 14.3 Å². The Morgan fingerprint density at radius 2 is 1.97 bits per heavy atom. The van der Waals surface area contributed by atoms with Gasteiger partial charge in [0.25, 0.3) is 0 Å². The van der Waals surface area contributed by atoms with Crippen molar-refractivity contribution in [2.75, 3.05) is 26.7 Å². The largest absolute Gasteiger partial charge is 0.479 e. The lowest BCUT2D eigenvalue weighted by Crippen LogP contribution is -2.34. The highest BCUT2D eigenvalue weighted by atomic mass is 35.5. The fourth-order valence-corrected chi connectivity index (χ4v) is 6.82. The standard InChI is InChI=1S/C31H41FN2O3S.ClH/c1-21(2)30-23(13-12-22-19-24(32)14-15-25(22)30)20-37-27(31(35)36)16-18-34(3)17-8-4-5-11-29-33-26-9-6-7-10-28(26)38-29;/h6-7,9-10,14-15,19,21,23,27,30H,4-5,8,11-13,16-18,20H2,1-3H3,(H,35,36);1H/t23?,27-,30-;/m0./s1. The van der Waals surface area contributed by atoms with Gasteiger partial charge in [-0.1, -0.05) is 38.5 Å². The summed E-state index contributed by atoms with van der Waals surface area (Å²) >= 11 is 1.78. The van der Waals surface area contributed by atoms with Crippen LogP contribution in [0.4, 0.5) is 4.39 Å². The Morgan fingerprint density at radius 1 is 1.18 bits per heavy atom. The first-order valence-corrected chi connectivity index (χ1v) is 14.8. The van der Waals surface area contributed by atoms with E-state index < -0.39 is 12.1 Å². The first-order valence-electron chi connectivity index (χ1n) is 14.0. The van der Waals surface area contributed by atoms with Crippen molar-refractivity contribution in [3.63, 3.8) is 0 Å². The molecule has 1 N–H and O–H groups in total. The molecule has 1 heterocycles. The minimum Gasteiger partial charge on any atom is -0.479 e. The molecule has 0 amide bonds. The number of benzene rings is 2. The van der Waals surface area contributed by atoms with Crippen LogP contribution in [0.5, 0.6) is 0 Å². The average molecular weight is 577 g/mol. The minimum atomic E-state index is -0.895. The van der Waals surface area contributed by atoms with E-state index in [4.69, 9.17) is 9.72 Å². The molecule has 3 atom stereocenters. The Morgan fingerprint density at radius 3 is 2.72 bits per heavy atom. The van der Waals surface area contributed by atoms with Crippen molar-refractivity contribution >= 4 is 39.9 Å². The van der Waals surface area contributed by atoms with Gasteiger partial charge in [-0.05, 0) is 105 Å². The number of nitrogens with zero attached hydrogens (tertiary/aromatic N) is 2. The number of aliphatic carboxylic acids is 1. The van der Waals surface area contributed by atoms with Gasteiger partial charge in [0.15, 0.2) is 6.10 Å². The van der Waals surface area contributed by atoms with Gasteiger partial charge in [-0.15, -0.1) is 23.7 Å². The molecular weight excluding hydrogens is 535 g/mol. The highest BCUT2D eigenvalue weighted by Crippen LogP contribution is 2.41. The predicted molar refractivity (Wildman–Crippen MR) is 160 cm³/mol. The van der Waals surface area contributed by atoms with E-state index in [-0.39, 0.29) is 30.1 Å². The molecule has 8 heteroatoms. The zero-order chi connectivity index (χ0) is 27.1. The van der Waals surface area contributed by atoms with E-state index in [1.54, 1.807) is 17.4 Å². The molecule has 4 rings (SSSR count). The van der Waals surface area contributed by atoms with Gasteiger partial charge in [0, 0.05) is 6.54 Å². The summed E-state index contributed by atoms with van der Waals surface area (Å²) in [5.74, 6) is -0.225. The molecule has 5 nitrogen and oxygen atoms in total. The number of rotatable bonds is 14. The molecule has 0 aliphatic heterocycles. The number of halogens is 2. The van der Waals surface area contributed by atoms with Crippen LogP contribution in [0.3, 0.4) is 0 Å². The van der Waals surface area contributed by atoms with Gasteiger partial charge in [0.05, 0.1) is 21.8 Å². The second-order valence-electron chi connectivity index (χ2n) is 11.0. The van der Waals surface area contributed by atoms with Crippen molar-refractivity contribution in [3.8, 4) is 0 Å². The third-order valence-electron chi connectivity index (χ3n) is 7.80. The van der Waals surface area contributed by atoms with Crippen molar-refractivity contribution in [1.29, 1.82) is 0 Å². The second-order valence-corrected chi connectivity index (χ2v) is 12.2. The van der Waals surface area contributed by atoms with Crippen LogP contribution in [0.15, 0.2) is 42.5 Å². The number of hydrogen-bond acceptors (Lipinski definition) is 5. The van der Waals surface area contributed by atoms with Gasteiger partial charge >= 0.3 is 5.97 Å². The molecule has 1 unspecified atom stereocenters. The molecule has 1 aromatic heterocycles. The molecule has 0 fully saturated rings. The third kappa shape index (κ3) is 8.71. The summed E-state index contributed by atoms with van der Waals surface area (Å²) < 4.78 is 21.0. The molecule has 1 aliphatic carbocycles. The van der Waals surface area contributed by atoms with Crippen LogP contribution < -0.4 is 0 Å². The molecule has 2 aromatic carbocycles. The van der Waals surface area contributed by atoms with E-state index in [0.29, 0.717) is 25.5 Å². The number of unbranched alkanes of at least 4 members (excludes halogenated alkanes) is 2. The van der Waals surface area contributed by atoms with Gasteiger partial charge < -0.3 is 14.7 Å². The van der Waals surface area contributed by atoms with E-state index in [1.807, 2.05) is 12.1 Å². The van der Waals surface area contributed by atoms with Crippen LogP contribution >= 0.6 is 23.7 Å². The van der Waals surface area contributed by atoms with E-state index in [1.165, 1.54) is 21.3 Å². The molecule has 0 radical (unpaired) electrons. The monoisotopic (exact) mass is 576 g/mol. The third-order valence-corrected chi connectivity index (χ3v) is 8.90. The summed E-state index contributed by atoms with van der Waals surface area (Å²) in [5, 5.41) is 11.0. The summed E-state index contributed by atoms with van der Waals surface area (Å²) in [6.45, 7) is 6.41. The predicted octanol–water partition coefficient (Wildman–Crippen LogP) is 7.36. The van der Waals surface area contributed by atoms with Crippen molar-refractivity contribution in [3.05, 3.63) is 64.4 Å². The molecule has 0 saturated carbocycles. The quantitative estimate of drug-likeness (QED) is 0.203. The number of hydrogen-bond donors (Lipinski definition) is 1. The molecule has 0 saturated heterocycles. The second kappa shape index (κ2) is 15.1. The number of carbonyl (C=O) groups is 1. The zero-order valence-electron chi connectivity index (χ0n) is 23.3. The number of carboxylic acid groups (broad SMARTS) is 1. The van der Waals surface area contributed by atoms with Crippen LogP contribution in [-0.2, 0) is 22.4 Å². The number of aromatic nitrogens is 1. The van der Waals surface area contributed by atoms with Gasteiger partial charge in [0.2, 0.25) is 0 Å². The maximum absolute atomic E-state index is 13.7. The van der Waals surface area contributed by atoms with Crippen LogP contribution in [0.1, 0.15) is 68.0 Å². The van der Waals surface area contributed by atoms with Gasteiger partial charge in [0.1, 0.15) is 5.82 Å². The Kier molecular flexibility index (Phi) is 12.2. The smallest absolute Gasteiger partial charge is 0.332 e. The number of para-hydroxylation sites is 1. The van der Waals surface area contributed by atoms with Crippen LogP contribution in [0.25, 0.3) is 10.2 Å². The maximum Gasteiger partial charge on any atom is 0.332 e. The van der Waals surface area contributed by atoms with Gasteiger partial charge in [-0.25, -0.2) is 14.2 Å². The summed E-state index contributed by atoms with van der Waals surface area (Å²) in [5.41, 5.74) is 3.36. The number of thiazole rings is 1. The van der Waals surface area contributed by atoms with Crippen molar-refractivity contribution in [1.82, 2.24) is 9.88 Å². The first-order chi connectivity index (χ1) is 18.3.